The van der Waals surface area contributed by atoms with Crippen LogP contribution >= 0.6 is 0 Å². The van der Waals surface area contributed by atoms with Gasteiger partial charge in [-0.05, 0) is 50.1 Å². The van der Waals surface area contributed by atoms with Gasteiger partial charge in [-0.15, -0.1) is 0 Å². The first-order valence-corrected chi connectivity index (χ1v) is 15.6. The van der Waals surface area contributed by atoms with Gasteiger partial charge in [-0.3, -0.25) is 9.78 Å². The van der Waals surface area contributed by atoms with E-state index in [4.69, 9.17) is 0 Å². The van der Waals surface area contributed by atoms with Crippen LogP contribution in [0.1, 0.15) is 25.3 Å². The second-order valence-corrected chi connectivity index (χ2v) is 13.2. The molecule has 1 saturated heterocycles. The number of pyridine rings is 2. The summed E-state index contributed by atoms with van der Waals surface area (Å²) in [6.45, 7) is 5.66. The molecule has 0 bridgehead atoms. The molecule has 1 aromatic carbocycles. The second kappa shape index (κ2) is 11.3. The summed E-state index contributed by atoms with van der Waals surface area (Å²) in [6.07, 6.45) is -0.915. The average molecular weight is 661 g/mol. The zero-order valence-electron chi connectivity index (χ0n) is 24.1. The largest absolute Gasteiger partial charge is 0.417 e. The van der Waals surface area contributed by atoms with Gasteiger partial charge in [-0.1, -0.05) is 12.6 Å². The summed E-state index contributed by atoms with van der Waals surface area (Å²) in [5.74, 6) is -3.20. The van der Waals surface area contributed by atoms with Gasteiger partial charge in [0.25, 0.3) is 0 Å². The molecule has 1 atom stereocenters. The molecule has 1 aliphatic carbocycles. The minimum atomic E-state index is -5.10. The number of carbonyl (C=O) groups excluding carboxylic acids is 1. The van der Waals surface area contributed by atoms with Crippen molar-refractivity contribution in [2.75, 3.05) is 24.5 Å². The highest BCUT2D eigenvalue weighted by molar-refractivity contribution is 7.92. The van der Waals surface area contributed by atoms with E-state index in [0.29, 0.717) is 25.0 Å². The normalized spacial score (nSPS) is 17.4. The minimum absolute atomic E-state index is 0.104. The highest BCUT2D eigenvalue weighted by atomic mass is 32.2. The number of anilines is 1. The molecule has 0 spiro atoms. The molecule has 4 heterocycles. The maximum atomic E-state index is 15.9. The number of aromatic nitrogens is 4. The van der Waals surface area contributed by atoms with E-state index in [1.807, 2.05) is 0 Å². The van der Waals surface area contributed by atoms with Crippen molar-refractivity contribution in [3.05, 3.63) is 83.1 Å². The predicted octanol–water partition coefficient (Wildman–Crippen LogP) is 4.30. The second-order valence-electron chi connectivity index (χ2n) is 11.0. The Hall–Kier alpha value is -4.73. The number of carbonyl (C=O) groups is 1. The SMILES string of the molecule is C=CC(=O)N1CCN(c2nc(=O)n(-c3cnccc3S(=O)(=O)C3CC3)c3nc(-c4c(F)cccc4C(F)(F)F)c(F)cc23)[C@@H](C)C1. The summed E-state index contributed by atoms with van der Waals surface area (Å²) in [5.41, 5.74) is -5.60. The Labute approximate surface area is 258 Å². The van der Waals surface area contributed by atoms with Crippen molar-refractivity contribution in [1.82, 2.24) is 24.4 Å². The van der Waals surface area contributed by atoms with Crippen molar-refractivity contribution in [2.24, 2.45) is 0 Å². The van der Waals surface area contributed by atoms with Gasteiger partial charge in [0, 0.05) is 31.9 Å². The van der Waals surface area contributed by atoms with Crippen LogP contribution in [0.4, 0.5) is 27.8 Å². The van der Waals surface area contributed by atoms with Crippen molar-refractivity contribution in [2.45, 2.75) is 42.1 Å². The Morgan fingerprint density at radius 3 is 2.48 bits per heavy atom. The average Bonchev–Trinajstić information content (AvgIpc) is 3.87. The Morgan fingerprint density at radius 1 is 1.09 bits per heavy atom. The first-order valence-electron chi connectivity index (χ1n) is 14.1. The fourth-order valence-corrected chi connectivity index (χ4v) is 7.46. The maximum Gasteiger partial charge on any atom is 0.417 e. The maximum absolute atomic E-state index is 15.9. The Morgan fingerprint density at radius 2 is 1.83 bits per heavy atom. The van der Waals surface area contributed by atoms with E-state index < -0.39 is 67.1 Å². The molecular weight excluding hydrogens is 635 g/mol. The van der Waals surface area contributed by atoms with Gasteiger partial charge in [-0.2, -0.15) is 18.2 Å². The van der Waals surface area contributed by atoms with E-state index in [2.05, 4.69) is 21.5 Å². The van der Waals surface area contributed by atoms with Crippen molar-refractivity contribution >= 4 is 32.6 Å². The molecule has 0 N–H and O–H groups in total. The van der Waals surface area contributed by atoms with Crippen molar-refractivity contribution in [3.63, 3.8) is 0 Å². The van der Waals surface area contributed by atoms with Crippen LogP contribution in [0.2, 0.25) is 0 Å². The first kappa shape index (κ1) is 31.3. The molecule has 10 nitrogen and oxygen atoms in total. The number of hydrogen-bond donors (Lipinski definition) is 0. The molecule has 240 valence electrons. The van der Waals surface area contributed by atoms with Crippen molar-refractivity contribution < 1.29 is 35.2 Å². The number of rotatable bonds is 6. The molecule has 1 amide bonds. The lowest BCUT2D eigenvalue weighted by atomic mass is 10.0. The number of sulfone groups is 1. The lowest BCUT2D eigenvalue weighted by molar-refractivity contribution is -0.137. The van der Waals surface area contributed by atoms with Crippen LogP contribution in [0.15, 0.2) is 65.1 Å². The number of halogens is 5. The summed E-state index contributed by atoms with van der Waals surface area (Å²) < 4.78 is 101. The summed E-state index contributed by atoms with van der Waals surface area (Å²) in [5, 5.41) is -0.883. The van der Waals surface area contributed by atoms with Crippen LogP contribution in [0.3, 0.4) is 0 Å². The number of hydrogen-bond acceptors (Lipinski definition) is 8. The Bertz CT molecular complexity index is 2080. The van der Waals surface area contributed by atoms with E-state index in [9.17, 15) is 31.2 Å². The van der Waals surface area contributed by atoms with E-state index in [-0.39, 0.29) is 47.3 Å². The number of amides is 1. The molecule has 46 heavy (non-hydrogen) atoms. The topological polar surface area (TPSA) is 118 Å². The van der Waals surface area contributed by atoms with Crippen LogP contribution in [0, 0.1) is 11.6 Å². The number of piperazine rings is 1. The number of benzene rings is 1. The van der Waals surface area contributed by atoms with E-state index in [1.165, 1.54) is 17.2 Å². The van der Waals surface area contributed by atoms with Crippen LogP contribution < -0.4 is 10.6 Å². The van der Waals surface area contributed by atoms with Gasteiger partial charge < -0.3 is 9.80 Å². The van der Waals surface area contributed by atoms with E-state index in [1.54, 1.807) is 11.8 Å². The van der Waals surface area contributed by atoms with Gasteiger partial charge in [0.15, 0.2) is 21.3 Å². The van der Waals surface area contributed by atoms with Crippen LogP contribution in [-0.4, -0.2) is 69.7 Å². The van der Waals surface area contributed by atoms with Crippen LogP contribution in [0.25, 0.3) is 28.0 Å². The fraction of sp³-hybridized carbons (Fsp3) is 0.300. The van der Waals surface area contributed by atoms with Crippen molar-refractivity contribution in [1.29, 1.82) is 0 Å². The summed E-state index contributed by atoms with van der Waals surface area (Å²) in [6, 6.07) is 3.59. The third-order valence-electron chi connectivity index (χ3n) is 8.01. The Balaban J connectivity index is 1.66. The van der Waals surface area contributed by atoms with Gasteiger partial charge in [-0.25, -0.2) is 31.5 Å². The molecule has 0 unspecified atom stereocenters. The molecule has 0 radical (unpaired) electrons. The molecule has 3 aromatic heterocycles. The number of alkyl halides is 3. The lowest BCUT2D eigenvalue weighted by Gasteiger charge is -2.40. The van der Waals surface area contributed by atoms with Gasteiger partial charge in [0.1, 0.15) is 17.3 Å². The highest BCUT2D eigenvalue weighted by Crippen LogP contribution is 2.41. The molecule has 2 fully saturated rings. The summed E-state index contributed by atoms with van der Waals surface area (Å²) in [4.78, 5) is 41.1. The van der Waals surface area contributed by atoms with E-state index >= 15 is 8.78 Å². The minimum Gasteiger partial charge on any atom is -0.350 e. The number of fused-ring (bicyclic) bond motifs is 1. The third-order valence-corrected chi connectivity index (χ3v) is 10.3. The van der Waals surface area contributed by atoms with Crippen LogP contribution in [0.5, 0.6) is 0 Å². The molecule has 6 rings (SSSR count). The van der Waals surface area contributed by atoms with E-state index in [0.717, 1.165) is 29.0 Å². The van der Waals surface area contributed by atoms with Gasteiger partial charge >= 0.3 is 11.9 Å². The molecule has 4 aromatic rings. The third kappa shape index (κ3) is 5.29. The zero-order chi connectivity index (χ0) is 33.1. The van der Waals surface area contributed by atoms with Crippen LogP contribution in [-0.2, 0) is 20.8 Å². The lowest BCUT2D eigenvalue weighted by Crippen LogP contribution is -2.54. The standard InChI is InChI=1S/C30H25F5N6O4S/c1-3-24(42)39-11-12-40(16(2)15-39)27-18-13-21(32)26(25-19(30(33,34)35)5-4-6-20(25)31)37-28(18)41(29(43)38-27)22-14-36-10-9-23(22)46(44,45)17-7-8-17/h3-6,9-10,13-14,16-17H,1,7-8,11-12,15H2,2H3/t16-/m0/s1. The monoisotopic (exact) mass is 660 g/mol. The molecular formula is C30H25F5N6O4S. The first-order chi connectivity index (χ1) is 21.7. The summed E-state index contributed by atoms with van der Waals surface area (Å²) >= 11 is 0. The molecule has 1 saturated carbocycles. The molecule has 16 heteroatoms. The molecule has 1 aliphatic heterocycles. The zero-order valence-corrected chi connectivity index (χ0v) is 24.9. The number of nitrogens with zero attached hydrogens (tertiary/aromatic N) is 6. The highest BCUT2D eigenvalue weighted by Gasteiger charge is 2.40. The van der Waals surface area contributed by atoms with Crippen molar-refractivity contribution in [3.8, 4) is 16.9 Å². The molecule has 2 aliphatic rings. The predicted molar refractivity (Wildman–Crippen MR) is 157 cm³/mol. The fourth-order valence-electron chi connectivity index (χ4n) is 5.66. The summed E-state index contributed by atoms with van der Waals surface area (Å²) in [7, 11) is -3.98. The van der Waals surface area contributed by atoms with Gasteiger partial charge in [0.05, 0.1) is 38.5 Å². The van der Waals surface area contributed by atoms with Gasteiger partial charge in [0.2, 0.25) is 5.91 Å². The quantitative estimate of drug-likeness (QED) is 0.222. The Kier molecular flexibility index (Phi) is 7.65. The smallest absolute Gasteiger partial charge is 0.350 e.